The molecule has 1 fully saturated rings. The highest BCUT2D eigenvalue weighted by atomic mass is 32.2. The van der Waals surface area contributed by atoms with Gasteiger partial charge in [0.25, 0.3) is 0 Å². The van der Waals surface area contributed by atoms with Crippen molar-refractivity contribution in [3.63, 3.8) is 0 Å². The van der Waals surface area contributed by atoms with Gasteiger partial charge in [-0.15, -0.1) is 0 Å². The number of sulfonamides is 1. The van der Waals surface area contributed by atoms with Gasteiger partial charge in [-0.25, -0.2) is 17.9 Å². The van der Waals surface area contributed by atoms with Crippen molar-refractivity contribution in [2.75, 3.05) is 6.61 Å². The summed E-state index contributed by atoms with van der Waals surface area (Å²) in [5.41, 5.74) is -0.849. The van der Waals surface area contributed by atoms with Crippen LogP contribution in [0.15, 0.2) is 17.2 Å². The highest BCUT2D eigenvalue weighted by Gasteiger charge is 2.40. The summed E-state index contributed by atoms with van der Waals surface area (Å²) in [6.45, 7) is 2.06. The lowest BCUT2D eigenvalue weighted by molar-refractivity contribution is 0.0685. The summed E-state index contributed by atoms with van der Waals surface area (Å²) in [5, 5.41) is 18.5. The number of carboxylic acids is 1. The molecule has 7 nitrogen and oxygen atoms in total. The third kappa shape index (κ3) is 3.12. The number of rotatable bonds is 7. The zero-order valence-electron chi connectivity index (χ0n) is 11.9. The fourth-order valence-corrected chi connectivity index (χ4v) is 3.96. The molecule has 1 aliphatic rings. The molecule has 0 saturated heterocycles. The largest absolute Gasteiger partial charge is 0.477 e. The number of aryl methyl sites for hydroxylation is 1. The quantitative estimate of drug-likeness (QED) is 0.689. The van der Waals surface area contributed by atoms with Crippen LogP contribution in [0.2, 0.25) is 0 Å². The Balaban J connectivity index is 2.31. The molecule has 1 aromatic heterocycles. The van der Waals surface area contributed by atoms with E-state index in [-0.39, 0.29) is 17.2 Å². The van der Waals surface area contributed by atoms with Gasteiger partial charge >= 0.3 is 5.97 Å². The molecule has 0 aliphatic heterocycles. The number of hydrogen-bond donors (Lipinski definition) is 3. The van der Waals surface area contributed by atoms with Crippen molar-refractivity contribution in [3.05, 3.63) is 18.0 Å². The number of aromatic nitrogens is 1. The van der Waals surface area contributed by atoms with Crippen molar-refractivity contribution < 1.29 is 23.4 Å². The van der Waals surface area contributed by atoms with E-state index in [1.165, 1.54) is 10.8 Å². The zero-order chi connectivity index (χ0) is 15.7. The molecule has 0 bridgehead atoms. The molecule has 0 aromatic carbocycles. The van der Waals surface area contributed by atoms with E-state index in [1.807, 2.05) is 6.92 Å². The highest BCUT2D eigenvalue weighted by molar-refractivity contribution is 7.89. The van der Waals surface area contributed by atoms with Crippen LogP contribution >= 0.6 is 0 Å². The molecule has 0 unspecified atom stereocenters. The predicted octanol–water partition coefficient (Wildman–Crippen LogP) is 0.790. The first-order valence-corrected chi connectivity index (χ1v) is 8.40. The Bertz CT molecular complexity index is 625. The van der Waals surface area contributed by atoms with E-state index in [2.05, 4.69) is 4.72 Å². The second-order valence-corrected chi connectivity index (χ2v) is 7.14. The van der Waals surface area contributed by atoms with Crippen LogP contribution in [0.25, 0.3) is 0 Å². The van der Waals surface area contributed by atoms with Crippen LogP contribution in [-0.2, 0) is 16.6 Å². The molecule has 1 saturated carbocycles. The van der Waals surface area contributed by atoms with Gasteiger partial charge in [0.05, 0.1) is 12.1 Å². The van der Waals surface area contributed by atoms with Crippen LogP contribution in [0.5, 0.6) is 0 Å². The van der Waals surface area contributed by atoms with Crippen LogP contribution in [-0.4, -0.2) is 41.3 Å². The Hall–Kier alpha value is -1.38. The summed E-state index contributed by atoms with van der Waals surface area (Å²) in [4.78, 5) is 11.1. The number of hydrogen-bond acceptors (Lipinski definition) is 4. The van der Waals surface area contributed by atoms with Crippen molar-refractivity contribution >= 4 is 16.0 Å². The Kier molecular flexibility index (Phi) is 4.40. The maximum absolute atomic E-state index is 12.4. The molecular weight excluding hydrogens is 296 g/mol. The molecule has 118 valence electrons. The molecule has 0 atom stereocenters. The number of nitrogens with zero attached hydrogens (tertiary/aromatic N) is 1. The van der Waals surface area contributed by atoms with Gasteiger partial charge < -0.3 is 14.8 Å². The van der Waals surface area contributed by atoms with E-state index in [9.17, 15) is 18.3 Å². The van der Waals surface area contributed by atoms with Crippen molar-refractivity contribution in [1.29, 1.82) is 0 Å². The number of nitrogens with one attached hydrogen (secondary N) is 1. The van der Waals surface area contributed by atoms with Gasteiger partial charge in [0.1, 0.15) is 10.6 Å². The van der Waals surface area contributed by atoms with E-state index in [4.69, 9.17) is 5.11 Å². The summed E-state index contributed by atoms with van der Waals surface area (Å²) < 4.78 is 28.7. The van der Waals surface area contributed by atoms with Crippen LogP contribution in [0.4, 0.5) is 0 Å². The van der Waals surface area contributed by atoms with Crippen molar-refractivity contribution in [2.24, 2.45) is 0 Å². The Morgan fingerprint density at radius 2 is 2.14 bits per heavy atom. The summed E-state index contributed by atoms with van der Waals surface area (Å²) >= 11 is 0. The zero-order valence-corrected chi connectivity index (χ0v) is 12.7. The molecule has 0 radical (unpaired) electrons. The van der Waals surface area contributed by atoms with E-state index < -0.39 is 21.5 Å². The normalized spacial score (nSPS) is 17.4. The molecule has 1 heterocycles. The van der Waals surface area contributed by atoms with Crippen molar-refractivity contribution in [1.82, 2.24) is 9.29 Å². The van der Waals surface area contributed by atoms with E-state index in [0.29, 0.717) is 25.8 Å². The van der Waals surface area contributed by atoms with E-state index >= 15 is 0 Å². The molecule has 0 amide bonds. The number of carboxylic acid groups (broad SMARTS) is 1. The van der Waals surface area contributed by atoms with Gasteiger partial charge in [0.15, 0.2) is 0 Å². The van der Waals surface area contributed by atoms with Gasteiger partial charge in [-0.05, 0) is 31.7 Å². The van der Waals surface area contributed by atoms with Gasteiger partial charge in [-0.2, -0.15) is 0 Å². The van der Waals surface area contributed by atoms with Crippen LogP contribution in [0.1, 0.15) is 43.1 Å². The summed E-state index contributed by atoms with van der Waals surface area (Å²) in [6, 6.07) is 1.16. The Labute approximate surface area is 123 Å². The molecule has 8 heteroatoms. The number of aromatic carboxylic acids is 1. The maximum Gasteiger partial charge on any atom is 0.352 e. The molecule has 1 aliphatic carbocycles. The lowest BCUT2D eigenvalue weighted by Gasteiger charge is -2.40. The minimum atomic E-state index is -3.84. The fourth-order valence-electron chi connectivity index (χ4n) is 2.48. The minimum Gasteiger partial charge on any atom is -0.477 e. The summed E-state index contributed by atoms with van der Waals surface area (Å²) in [5.74, 6) is -1.16. The van der Waals surface area contributed by atoms with Crippen LogP contribution in [0.3, 0.4) is 0 Å². The predicted molar refractivity (Wildman–Crippen MR) is 75.7 cm³/mol. The molecular formula is C13H20N2O5S. The van der Waals surface area contributed by atoms with Crippen LogP contribution < -0.4 is 4.72 Å². The molecule has 1 aromatic rings. The first kappa shape index (κ1) is 16.0. The Morgan fingerprint density at radius 3 is 2.57 bits per heavy atom. The van der Waals surface area contributed by atoms with Gasteiger partial charge in [0, 0.05) is 12.7 Å². The molecule has 2 rings (SSSR count). The second kappa shape index (κ2) is 5.78. The monoisotopic (exact) mass is 316 g/mol. The fraction of sp³-hybridized carbons (Fsp3) is 0.615. The molecule has 0 spiro atoms. The second-order valence-electron chi connectivity index (χ2n) is 5.46. The molecule has 3 N–H and O–H groups in total. The number of carbonyl (C=O) groups is 1. The molecule has 21 heavy (non-hydrogen) atoms. The number of aliphatic hydroxyl groups is 1. The summed E-state index contributed by atoms with van der Waals surface area (Å²) in [6.07, 6.45) is 4.07. The van der Waals surface area contributed by atoms with Crippen LogP contribution in [0, 0.1) is 0 Å². The lowest BCUT2D eigenvalue weighted by atomic mass is 9.78. The van der Waals surface area contributed by atoms with Crippen molar-refractivity contribution in [2.45, 2.75) is 49.6 Å². The topological polar surface area (TPSA) is 109 Å². The highest BCUT2D eigenvalue weighted by Crippen LogP contribution is 2.33. The first-order valence-electron chi connectivity index (χ1n) is 6.92. The van der Waals surface area contributed by atoms with Crippen molar-refractivity contribution in [3.8, 4) is 0 Å². The number of aliphatic hydroxyl groups excluding tert-OH is 1. The lowest BCUT2D eigenvalue weighted by Crippen LogP contribution is -2.55. The summed E-state index contributed by atoms with van der Waals surface area (Å²) in [7, 11) is -3.84. The van der Waals surface area contributed by atoms with E-state index in [1.54, 1.807) is 0 Å². The van der Waals surface area contributed by atoms with Gasteiger partial charge in [-0.1, -0.05) is 6.92 Å². The maximum atomic E-state index is 12.4. The minimum absolute atomic E-state index is 0.0520. The SMILES string of the molecule is CCCn1cc(S(=O)(=O)NC2(CO)CCC2)cc1C(=O)O. The average molecular weight is 316 g/mol. The standard InChI is InChI=1S/C13H20N2O5S/c1-2-6-15-8-10(7-11(15)12(17)18)21(19,20)14-13(9-16)4-3-5-13/h7-8,14,16H,2-6,9H2,1H3,(H,17,18). The first-order chi connectivity index (χ1) is 9.83. The van der Waals surface area contributed by atoms with E-state index in [0.717, 1.165) is 12.5 Å². The van der Waals surface area contributed by atoms with Gasteiger partial charge in [-0.3, -0.25) is 0 Å². The smallest absolute Gasteiger partial charge is 0.352 e. The average Bonchev–Trinajstić information content (AvgIpc) is 2.79. The van der Waals surface area contributed by atoms with Gasteiger partial charge in [0.2, 0.25) is 10.0 Å². The third-order valence-corrected chi connectivity index (χ3v) is 5.38. The third-order valence-electron chi connectivity index (χ3n) is 3.83. The Morgan fingerprint density at radius 1 is 1.48 bits per heavy atom.